The molecule has 1 atom stereocenters. The normalized spacial score (nSPS) is 16.4. The molecule has 0 N–H and O–H groups in total. The number of ether oxygens (including phenoxy) is 1. The summed E-state index contributed by atoms with van der Waals surface area (Å²) in [7, 11) is 0. The zero-order chi connectivity index (χ0) is 18.5. The Balaban J connectivity index is 1.51. The SMILES string of the molecule is O=C([C@H]1CCOC1)N(Cc1ccc(-c2ccccc2)cc1)Cc1ccco1. The van der Waals surface area contributed by atoms with Crippen molar-refractivity contribution in [2.45, 2.75) is 19.5 Å². The van der Waals surface area contributed by atoms with Crippen molar-refractivity contribution in [2.24, 2.45) is 5.92 Å². The van der Waals surface area contributed by atoms with Gasteiger partial charge in [-0.2, -0.15) is 0 Å². The summed E-state index contributed by atoms with van der Waals surface area (Å²) < 4.78 is 10.9. The lowest BCUT2D eigenvalue weighted by atomic mass is 10.0. The maximum absolute atomic E-state index is 13.0. The van der Waals surface area contributed by atoms with Crippen LogP contribution in [0.1, 0.15) is 17.7 Å². The minimum Gasteiger partial charge on any atom is -0.467 e. The van der Waals surface area contributed by atoms with Gasteiger partial charge >= 0.3 is 0 Å². The average molecular weight is 361 g/mol. The molecule has 1 fully saturated rings. The summed E-state index contributed by atoms with van der Waals surface area (Å²) in [4.78, 5) is 14.8. The summed E-state index contributed by atoms with van der Waals surface area (Å²) in [5, 5.41) is 0. The average Bonchev–Trinajstić information content (AvgIpc) is 3.42. The molecule has 1 aliphatic heterocycles. The second-order valence-corrected chi connectivity index (χ2v) is 6.90. The highest BCUT2D eigenvalue weighted by Gasteiger charge is 2.28. The van der Waals surface area contributed by atoms with Crippen molar-refractivity contribution in [3.63, 3.8) is 0 Å². The Labute approximate surface area is 159 Å². The van der Waals surface area contributed by atoms with E-state index in [0.717, 1.165) is 17.7 Å². The van der Waals surface area contributed by atoms with E-state index in [1.807, 2.05) is 35.2 Å². The van der Waals surface area contributed by atoms with E-state index in [2.05, 4.69) is 36.4 Å². The second-order valence-electron chi connectivity index (χ2n) is 6.90. The molecule has 0 bridgehead atoms. The molecule has 1 saturated heterocycles. The Morgan fingerprint density at radius 1 is 0.926 bits per heavy atom. The summed E-state index contributed by atoms with van der Waals surface area (Å²) in [5.41, 5.74) is 3.47. The zero-order valence-corrected chi connectivity index (χ0v) is 15.2. The van der Waals surface area contributed by atoms with E-state index in [0.29, 0.717) is 26.3 Å². The van der Waals surface area contributed by atoms with E-state index in [1.165, 1.54) is 11.1 Å². The predicted octanol–water partition coefficient (Wildman–Crippen LogP) is 4.51. The van der Waals surface area contributed by atoms with Crippen LogP contribution in [-0.4, -0.2) is 24.0 Å². The van der Waals surface area contributed by atoms with Crippen molar-refractivity contribution in [3.8, 4) is 11.1 Å². The van der Waals surface area contributed by atoms with Gasteiger partial charge < -0.3 is 14.1 Å². The lowest BCUT2D eigenvalue weighted by molar-refractivity contribution is -0.137. The van der Waals surface area contributed by atoms with Gasteiger partial charge in [0.05, 0.1) is 25.3 Å². The molecule has 27 heavy (non-hydrogen) atoms. The van der Waals surface area contributed by atoms with Crippen molar-refractivity contribution in [1.29, 1.82) is 0 Å². The van der Waals surface area contributed by atoms with Gasteiger partial charge in [-0.15, -0.1) is 0 Å². The van der Waals surface area contributed by atoms with Crippen molar-refractivity contribution in [3.05, 3.63) is 84.3 Å². The molecular formula is C23H23NO3. The maximum Gasteiger partial charge on any atom is 0.228 e. The molecule has 1 aliphatic rings. The largest absolute Gasteiger partial charge is 0.467 e. The molecule has 138 valence electrons. The van der Waals surface area contributed by atoms with Gasteiger partial charge in [0, 0.05) is 13.2 Å². The molecule has 1 amide bonds. The van der Waals surface area contributed by atoms with Crippen LogP contribution in [0.25, 0.3) is 11.1 Å². The first-order valence-electron chi connectivity index (χ1n) is 9.33. The molecule has 4 nitrogen and oxygen atoms in total. The van der Waals surface area contributed by atoms with Crippen LogP contribution in [0.2, 0.25) is 0 Å². The molecule has 3 aromatic rings. The van der Waals surface area contributed by atoms with Crippen LogP contribution >= 0.6 is 0 Å². The van der Waals surface area contributed by atoms with E-state index in [1.54, 1.807) is 6.26 Å². The summed E-state index contributed by atoms with van der Waals surface area (Å²) in [6, 6.07) is 22.5. The summed E-state index contributed by atoms with van der Waals surface area (Å²) in [5.74, 6) is 0.878. The van der Waals surface area contributed by atoms with Crippen LogP contribution in [0.15, 0.2) is 77.4 Å². The van der Waals surface area contributed by atoms with Gasteiger partial charge in [-0.3, -0.25) is 4.79 Å². The van der Waals surface area contributed by atoms with E-state index in [9.17, 15) is 4.79 Å². The number of furan rings is 1. The number of carbonyl (C=O) groups excluding carboxylic acids is 1. The quantitative estimate of drug-likeness (QED) is 0.649. The van der Waals surface area contributed by atoms with E-state index in [-0.39, 0.29) is 11.8 Å². The number of benzene rings is 2. The smallest absolute Gasteiger partial charge is 0.228 e. The first-order valence-corrected chi connectivity index (χ1v) is 9.33. The third-order valence-corrected chi connectivity index (χ3v) is 4.95. The number of amides is 1. The zero-order valence-electron chi connectivity index (χ0n) is 15.2. The van der Waals surface area contributed by atoms with Crippen LogP contribution in [0, 0.1) is 5.92 Å². The second kappa shape index (κ2) is 8.23. The van der Waals surface area contributed by atoms with E-state index < -0.39 is 0 Å². The summed E-state index contributed by atoms with van der Waals surface area (Å²) >= 11 is 0. The first kappa shape index (κ1) is 17.6. The highest BCUT2D eigenvalue weighted by Crippen LogP contribution is 2.22. The minimum atomic E-state index is -0.0523. The first-order chi connectivity index (χ1) is 13.3. The minimum absolute atomic E-state index is 0.0523. The molecule has 0 spiro atoms. The topological polar surface area (TPSA) is 42.7 Å². The summed E-state index contributed by atoms with van der Waals surface area (Å²) in [6.45, 7) is 2.21. The highest BCUT2D eigenvalue weighted by atomic mass is 16.5. The van der Waals surface area contributed by atoms with Crippen LogP contribution in [0.5, 0.6) is 0 Å². The van der Waals surface area contributed by atoms with Crippen molar-refractivity contribution in [2.75, 3.05) is 13.2 Å². The Hall–Kier alpha value is -2.85. The highest BCUT2D eigenvalue weighted by molar-refractivity contribution is 5.79. The molecule has 4 heteroatoms. The summed E-state index contributed by atoms with van der Waals surface area (Å²) in [6.07, 6.45) is 2.44. The monoisotopic (exact) mass is 361 g/mol. The Bertz CT molecular complexity index is 850. The fraction of sp³-hybridized carbons (Fsp3) is 0.261. The van der Waals surface area contributed by atoms with Crippen molar-refractivity contribution in [1.82, 2.24) is 4.90 Å². The van der Waals surface area contributed by atoms with Gasteiger partial charge in [0.15, 0.2) is 0 Å². The lowest BCUT2D eigenvalue weighted by Crippen LogP contribution is -2.35. The number of carbonyl (C=O) groups is 1. The Morgan fingerprint density at radius 3 is 2.37 bits per heavy atom. The number of rotatable bonds is 6. The van der Waals surface area contributed by atoms with Crippen LogP contribution < -0.4 is 0 Å². The standard InChI is InChI=1S/C23H23NO3/c25-23(21-12-14-26-17-21)24(16-22-7-4-13-27-22)15-18-8-10-20(11-9-18)19-5-2-1-3-6-19/h1-11,13,21H,12,14-17H2/t21-/m0/s1. The number of nitrogens with zero attached hydrogens (tertiary/aromatic N) is 1. The van der Waals surface area contributed by atoms with Gasteiger partial charge in [-0.1, -0.05) is 54.6 Å². The molecule has 2 aromatic carbocycles. The molecule has 0 saturated carbocycles. The van der Waals surface area contributed by atoms with Gasteiger partial charge in [-0.25, -0.2) is 0 Å². The molecule has 4 rings (SSSR count). The third kappa shape index (κ3) is 4.29. The lowest BCUT2D eigenvalue weighted by Gasteiger charge is -2.24. The fourth-order valence-electron chi connectivity index (χ4n) is 3.44. The molecular weight excluding hydrogens is 338 g/mol. The molecule has 0 radical (unpaired) electrons. The molecule has 1 aromatic heterocycles. The molecule has 0 unspecified atom stereocenters. The number of hydrogen-bond donors (Lipinski definition) is 0. The van der Waals surface area contributed by atoms with Gasteiger partial charge in [0.2, 0.25) is 5.91 Å². The Morgan fingerprint density at radius 2 is 1.70 bits per heavy atom. The van der Waals surface area contributed by atoms with Crippen molar-refractivity contribution < 1.29 is 13.9 Å². The number of hydrogen-bond acceptors (Lipinski definition) is 3. The van der Waals surface area contributed by atoms with Gasteiger partial charge in [0.1, 0.15) is 5.76 Å². The molecule has 2 heterocycles. The van der Waals surface area contributed by atoms with Crippen LogP contribution in [0.3, 0.4) is 0 Å². The van der Waals surface area contributed by atoms with Gasteiger partial charge in [-0.05, 0) is 35.2 Å². The van der Waals surface area contributed by atoms with Crippen LogP contribution in [0.4, 0.5) is 0 Å². The third-order valence-electron chi connectivity index (χ3n) is 4.95. The Kier molecular flexibility index (Phi) is 5.35. The van der Waals surface area contributed by atoms with E-state index in [4.69, 9.17) is 9.15 Å². The molecule has 0 aliphatic carbocycles. The predicted molar refractivity (Wildman–Crippen MR) is 104 cm³/mol. The van der Waals surface area contributed by atoms with Crippen LogP contribution in [-0.2, 0) is 22.6 Å². The van der Waals surface area contributed by atoms with Gasteiger partial charge in [0.25, 0.3) is 0 Å². The van der Waals surface area contributed by atoms with E-state index >= 15 is 0 Å². The fourth-order valence-corrected chi connectivity index (χ4v) is 3.44. The maximum atomic E-state index is 13.0. The van der Waals surface area contributed by atoms with Crippen molar-refractivity contribution >= 4 is 5.91 Å².